The molecule has 1 aromatic rings. The Kier molecular flexibility index (Phi) is 10.2. The van der Waals surface area contributed by atoms with E-state index in [4.69, 9.17) is 23.7 Å². The molecular weight excluding hydrogens is 488 g/mol. The molecule has 4 aliphatic carbocycles. The zero-order valence-corrected chi connectivity index (χ0v) is 24.7. The Morgan fingerprint density at radius 1 is 0.744 bits per heavy atom. The molecule has 0 aromatic heterocycles. The average Bonchev–Trinajstić information content (AvgIpc) is 3.31. The summed E-state index contributed by atoms with van der Waals surface area (Å²) in [6.45, 7) is 10.2. The highest BCUT2D eigenvalue weighted by Gasteiger charge is 2.58. The minimum atomic E-state index is 0.341. The molecule has 0 aliphatic heterocycles. The molecule has 5 rings (SSSR count). The van der Waals surface area contributed by atoms with E-state index >= 15 is 0 Å². The molecule has 0 radical (unpaired) electrons. The Morgan fingerprint density at radius 3 is 2.15 bits per heavy atom. The zero-order chi connectivity index (χ0) is 27.1. The van der Waals surface area contributed by atoms with Crippen molar-refractivity contribution in [3.05, 3.63) is 47.5 Å². The highest BCUT2D eigenvalue weighted by atomic mass is 16.6. The summed E-state index contributed by atoms with van der Waals surface area (Å²) in [4.78, 5) is 0. The van der Waals surface area contributed by atoms with Crippen molar-refractivity contribution in [1.82, 2.24) is 0 Å². The molecule has 3 saturated carbocycles. The van der Waals surface area contributed by atoms with Gasteiger partial charge in [0.25, 0.3) is 0 Å². The molecule has 0 bridgehead atoms. The van der Waals surface area contributed by atoms with Gasteiger partial charge in [0, 0.05) is 7.11 Å². The van der Waals surface area contributed by atoms with Crippen LogP contribution >= 0.6 is 0 Å². The standard InChI is InChI=1S/C34H52O5/c1-33-15-13-28(39-24-23-38-22-21-37-20-19-36-18-17-35-3)25-27(33)9-10-29-31-12-11-30(26-7-5-4-6-8-26)34(31,2)16-14-32(29)33/h4-9,28-32H,10-25H2,1-3H3/t28?,29-,30+,31-,32-,33-,34+/m0/s1. The second-order valence-electron chi connectivity index (χ2n) is 12.9. The fourth-order valence-electron chi connectivity index (χ4n) is 8.96. The third kappa shape index (κ3) is 6.48. The quantitative estimate of drug-likeness (QED) is 0.192. The molecule has 1 aromatic carbocycles. The molecule has 0 saturated heterocycles. The summed E-state index contributed by atoms with van der Waals surface area (Å²) in [7, 11) is 1.68. The normalized spacial score (nSPS) is 35.7. The van der Waals surface area contributed by atoms with Gasteiger partial charge in [0.15, 0.2) is 0 Å². The lowest BCUT2D eigenvalue weighted by Crippen LogP contribution is -2.50. The summed E-state index contributed by atoms with van der Waals surface area (Å²) in [5, 5.41) is 0. The molecule has 218 valence electrons. The summed E-state index contributed by atoms with van der Waals surface area (Å²) in [5.41, 5.74) is 4.11. The Bertz CT molecular complexity index is 917. The van der Waals surface area contributed by atoms with Gasteiger partial charge in [-0.05, 0) is 91.4 Å². The largest absolute Gasteiger partial charge is 0.382 e. The number of allylic oxidation sites excluding steroid dienone is 1. The van der Waals surface area contributed by atoms with E-state index in [0.29, 0.717) is 69.8 Å². The molecule has 3 fully saturated rings. The topological polar surface area (TPSA) is 46.2 Å². The predicted octanol–water partition coefficient (Wildman–Crippen LogP) is 6.81. The maximum absolute atomic E-state index is 6.31. The van der Waals surface area contributed by atoms with Crippen LogP contribution in [0, 0.1) is 28.6 Å². The fourth-order valence-corrected chi connectivity index (χ4v) is 8.96. The van der Waals surface area contributed by atoms with Crippen LogP contribution in [-0.2, 0) is 23.7 Å². The van der Waals surface area contributed by atoms with Gasteiger partial charge in [0.2, 0.25) is 0 Å². The number of hydrogen-bond acceptors (Lipinski definition) is 5. The SMILES string of the molecule is COCCOCCOCCOCCOC1CC[C@@]2(C)C(=CC[C@H]3[C@@H]4CC[C@H](c5ccccc5)[C@@]4(C)CC[C@@H]32)C1. The van der Waals surface area contributed by atoms with E-state index in [2.05, 4.69) is 50.3 Å². The molecule has 7 atom stereocenters. The van der Waals surface area contributed by atoms with Crippen LogP contribution in [-0.4, -0.2) is 66.1 Å². The van der Waals surface area contributed by atoms with E-state index in [1.165, 1.54) is 44.9 Å². The molecule has 0 spiro atoms. The third-order valence-corrected chi connectivity index (χ3v) is 11.0. The van der Waals surface area contributed by atoms with Crippen molar-refractivity contribution >= 4 is 0 Å². The number of rotatable bonds is 14. The minimum absolute atomic E-state index is 0.341. The van der Waals surface area contributed by atoms with E-state index < -0.39 is 0 Å². The highest BCUT2D eigenvalue weighted by molar-refractivity contribution is 5.29. The highest BCUT2D eigenvalue weighted by Crippen LogP contribution is 2.68. The first-order valence-electron chi connectivity index (χ1n) is 15.6. The molecule has 5 nitrogen and oxygen atoms in total. The van der Waals surface area contributed by atoms with Crippen molar-refractivity contribution in [3.8, 4) is 0 Å². The van der Waals surface area contributed by atoms with Crippen LogP contribution in [0.1, 0.15) is 76.7 Å². The van der Waals surface area contributed by atoms with Gasteiger partial charge in [0.05, 0.1) is 59.0 Å². The van der Waals surface area contributed by atoms with Crippen LogP contribution in [0.5, 0.6) is 0 Å². The van der Waals surface area contributed by atoms with Crippen LogP contribution in [0.3, 0.4) is 0 Å². The Hall–Kier alpha value is -1.24. The van der Waals surface area contributed by atoms with Gasteiger partial charge in [-0.15, -0.1) is 0 Å². The second kappa shape index (κ2) is 13.6. The maximum Gasteiger partial charge on any atom is 0.0704 e. The van der Waals surface area contributed by atoms with Crippen molar-refractivity contribution in [2.75, 3.05) is 60.0 Å². The van der Waals surface area contributed by atoms with Crippen LogP contribution in [0.25, 0.3) is 0 Å². The fraction of sp³-hybridized carbons (Fsp3) is 0.765. The summed E-state index contributed by atoms with van der Waals surface area (Å²) in [6, 6.07) is 11.4. The second-order valence-corrected chi connectivity index (χ2v) is 12.9. The van der Waals surface area contributed by atoms with Crippen molar-refractivity contribution in [2.24, 2.45) is 28.6 Å². The number of benzene rings is 1. The lowest BCUT2D eigenvalue weighted by atomic mass is 9.47. The molecule has 4 aliphatic rings. The van der Waals surface area contributed by atoms with Crippen LogP contribution in [0.15, 0.2) is 42.0 Å². The first kappa shape index (κ1) is 29.3. The Balaban J connectivity index is 1.05. The first-order chi connectivity index (χ1) is 19.1. The molecule has 0 amide bonds. The molecule has 1 unspecified atom stereocenters. The van der Waals surface area contributed by atoms with Gasteiger partial charge in [-0.25, -0.2) is 0 Å². The monoisotopic (exact) mass is 540 g/mol. The molecule has 5 heteroatoms. The van der Waals surface area contributed by atoms with E-state index in [-0.39, 0.29) is 0 Å². The summed E-state index contributed by atoms with van der Waals surface area (Å²) in [5.74, 6) is 3.31. The van der Waals surface area contributed by atoms with E-state index in [0.717, 1.165) is 30.1 Å². The number of ether oxygens (including phenoxy) is 5. The lowest BCUT2D eigenvalue weighted by Gasteiger charge is -2.58. The van der Waals surface area contributed by atoms with Gasteiger partial charge in [0.1, 0.15) is 0 Å². The number of methoxy groups -OCH3 is 1. The van der Waals surface area contributed by atoms with Crippen LogP contribution in [0.4, 0.5) is 0 Å². The number of fused-ring (bicyclic) bond motifs is 5. The van der Waals surface area contributed by atoms with Crippen molar-refractivity contribution in [1.29, 1.82) is 0 Å². The first-order valence-corrected chi connectivity index (χ1v) is 15.6. The van der Waals surface area contributed by atoms with Gasteiger partial charge < -0.3 is 23.7 Å². The molecule has 39 heavy (non-hydrogen) atoms. The van der Waals surface area contributed by atoms with Crippen LogP contribution < -0.4 is 0 Å². The smallest absolute Gasteiger partial charge is 0.0704 e. The van der Waals surface area contributed by atoms with E-state index in [1.54, 1.807) is 18.2 Å². The predicted molar refractivity (Wildman–Crippen MR) is 155 cm³/mol. The van der Waals surface area contributed by atoms with Gasteiger partial charge in [-0.3, -0.25) is 0 Å². The van der Waals surface area contributed by atoms with Crippen molar-refractivity contribution in [2.45, 2.75) is 77.2 Å². The minimum Gasteiger partial charge on any atom is -0.382 e. The lowest BCUT2D eigenvalue weighted by molar-refractivity contribution is -0.0598. The van der Waals surface area contributed by atoms with E-state index in [1.807, 2.05) is 0 Å². The molecular formula is C34H52O5. The Labute approximate surface area is 237 Å². The van der Waals surface area contributed by atoms with Gasteiger partial charge in [-0.1, -0.05) is 55.8 Å². The average molecular weight is 541 g/mol. The Morgan fingerprint density at radius 2 is 1.44 bits per heavy atom. The third-order valence-electron chi connectivity index (χ3n) is 11.0. The van der Waals surface area contributed by atoms with Gasteiger partial charge in [-0.2, -0.15) is 0 Å². The summed E-state index contributed by atoms with van der Waals surface area (Å²) < 4.78 is 27.9. The van der Waals surface area contributed by atoms with Crippen molar-refractivity contribution in [3.63, 3.8) is 0 Å². The zero-order valence-electron chi connectivity index (χ0n) is 24.7. The van der Waals surface area contributed by atoms with Crippen LogP contribution in [0.2, 0.25) is 0 Å². The molecule has 0 N–H and O–H groups in total. The maximum atomic E-state index is 6.31. The summed E-state index contributed by atoms with van der Waals surface area (Å²) in [6.07, 6.45) is 13.4. The molecule has 0 heterocycles. The van der Waals surface area contributed by atoms with Crippen molar-refractivity contribution < 1.29 is 23.7 Å². The van der Waals surface area contributed by atoms with E-state index in [9.17, 15) is 0 Å². The number of hydrogen-bond donors (Lipinski definition) is 0. The van der Waals surface area contributed by atoms with Gasteiger partial charge >= 0.3 is 0 Å². The summed E-state index contributed by atoms with van der Waals surface area (Å²) >= 11 is 0.